The quantitative estimate of drug-likeness (QED) is 0.577. The van der Waals surface area contributed by atoms with Crippen molar-refractivity contribution >= 4 is 8.32 Å². The van der Waals surface area contributed by atoms with Crippen molar-refractivity contribution in [3.8, 4) is 0 Å². The molecule has 0 radical (unpaired) electrons. The van der Waals surface area contributed by atoms with E-state index in [2.05, 4.69) is 40.8 Å². The molecule has 0 aromatic carbocycles. The molecule has 5 heteroatoms. The van der Waals surface area contributed by atoms with Crippen LogP contribution in [0, 0.1) is 0 Å². The lowest BCUT2D eigenvalue weighted by atomic mass is 10.1. The lowest BCUT2D eigenvalue weighted by Crippen LogP contribution is -2.49. The standard InChI is InChI=1S/C16H32O4Si/c1-7-8-10-19-15-13(17)9-11-18-14(15)12-20-21(5,6)16(2,3)4/h9,11,13-15,17H,7-8,10,12H2,1-6H3. The van der Waals surface area contributed by atoms with E-state index < -0.39 is 14.4 Å². The van der Waals surface area contributed by atoms with Crippen LogP contribution in [0.2, 0.25) is 18.1 Å². The molecule has 1 aliphatic rings. The third-order valence-electron chi connectivity index (χ3n) is 4.45. The number of unbranched alkanes of at least 4 members (excludes halogenated alkanes) is 1. The van der Waals surface area contributed by atoms with Gasteiger partial charge in [-0.1, -0.05) is 34.1 Å². The molecule has 1 heterocycles. The van der Waals surface area contributed by atoms with Crippen LogP contribution in [-0.4, -0.2) is 44.9 Å². The molecular weight excluding hydrogens is 284 g/mol. The molecule has 0 aliphatic carbocycles. The fourth-order valence-corrected chi connectivity index (χ4v) is 2.86. The molecular formula is C16H32O4Si. The Morgan fingerprint density at radius 1 is 1.29 bits per heavy atom. The molecule has 3 unspecified atom stereocenters. The fourth-order valence-electron chi connectivity index (χ4n) is 1.84. The third kappa shape index (κ3) is 5.40. The number of aliphatic hydroxyl groups excluding tert-OH is 1. The highest BCUT2D eigenvalue weighted by atomic mass is 28.4. The van der Waals surface area contributed by atoms with E-state index in [0.717, 1.165) is 12.8 Å². The van der Waals surface area contributed by atoms with Gasteiger partial charge in [-0.25, -0.2) is 0 Å². The predicted molar refractivity (Wildman–Crippen MR) is 87.8 cm³/mol. The van der Waals surface area contributed by atoms with Crippen molar-refractivity contribution in [2.45, 2.75) is 77.0 Å². The van der Waals surface area contributed by atoms with Crippen LogP contribution in [0.3, 0.4) is 0 Å². The van der Waals surface area contributed by atoms with E-state index >= 15 is 0 Å². The van der Waals surface area contributed by atoms with Crippen molar-refractivity contribution in [1.82, 2.24) is 0 Å². The van der Waals surface area contributed by atoms with Crippen molar-refractivity contribution < 1.29 is 19.0 Å². The van der Waals surface area contributed by atoms with Gasteiger partial charge in [0.1, 0.15) is 18.3 Å². The van der Waals surface area contributed by atoms with Gasteiger partial charge < -0.3 is 19.0 Å². The maximum absolute atomic E-state index is 10.1. The fraction of sp³-hybridized carbons (Fsp3) is 0.875. The molecule has 3 atom stereocenters. The average molecular weight is 317 g/mol. The average Bonchev–Trinajstić information content (AvgIpc) is 2.37. The van der Waals surface area contributed by atoms with E-state index in [4.69, 9.17) is 13.9 Å². The first-order valence-electron chi connectivity index (χ1n) is 7.95. The monoisotopic (exact) mass is 316 g/mol. The largest absolute Gasteiger partial charge is 0.493 e. The molecule has 1 N–H and O–H groups in total. The van der Waals surface area contributed by atoms with Gasteiger partial charge in [-0.05, 0) is 30.6 Å². The number of rotatable bonds is 7. The second kappa shape index (κ2) is 7.77. The number of hydrogen-bond donors (Lipinski definition) is 1. The van der Waals surface area contributed by atoms with E-state index in [1.54, 1.807) is 12.3 Å². The van der Waals surface area contributed by atoms with E-state index in [0.29, 0.717) is 13.2 Å². The summed E-state index contributed by atoms with van der Waals surface area (Å²) in [6, 6.07) is 0. The minimum absolute atomic E-state index is 0.161. The van der Waals surface area contributed by atoms with Crippen LogP contribution in [0.4, 0.5) is 0 Å². The minimum Gasteiger partial charge on any atom is -0.493 e. The zero-order valence-electron chi connectivity index (χ0n) is 14.4. The lowest BCUT2D eigenvalue weighted by molar-refractivity contribution is -0.113. The van der Waals surface area contributed by atoms with Gasteiger partial charge in [0.2, 0.25) is 0 Å². The number of hydrogen-bond acceptors (Lipinski definition) is 4. The van der Waals surface area contributed by atoms with Crippen LogP contribution < -0.4 is 0 Å². The summed E-state index contributed by atoms with van der Waals surface area (Å²) in [4.78, 5) is 0. The van der Waals surface area contributed by atoms with Crippen molar-refractivity contribution in [3.05, 3.63) is 12.3 Å². The van der Waals surface area contributed by atoms with Crippen molar-refractivity contribution in [2.75, 3.05) is 13.2 Å². The van der Waals surface area contributed by atoms with Gasteiger partial charge in [-0.3, -0.25) is 0 Å². The normalized spacial score (nSPS) is 26.7. The summed E-state index contributed by atoms with van der Waals surface area (Å²) in [5.74, 6) is 0. The van der Waals surface area contributed by atoms with Gasteiger partial charge in [0.05, 0.1) is 12.9 Å². The number of ether oxygens (including phenoxy) is 2. The van der Waals surface area contributed by atoms with Crippen LogP contribution >= 0.6 is 0 Å². The molecule has 0 saturated heterocycles. The summed E-state index contributed by atoms with van der Waals surface area (Å²) < 4.78 is 17.6. The molecule has 0 saturated carbocycles. The topological polar surface area (TPSA) is 47.9 Å². The first-order chi connectivity index (χ1) is 9.69. The second-order valence-electron chi connectivity index (χ2n) is 7.25. The second-order valence-corrected chi connectivity index (χ2v) is 12.1. The maximum atomic E-state index is 10.1. The summed E-state index contributed by atoms with van der Waals surface area (Å²) in [5.41, 5.74) is 0. The summed E-state index contributed by atoms with van der Waals surface area (Å²) >= 11 is 0. The summed E-state index contributed by atoms with van der Waals surface area (Å²) in [6.45, 7) is 14.3. The maximum Gasteiger partial charge on any atom is 0.192 e. The van der Waals surface area contributed by atoms with Gasteiger partial charge in [0, 0.05) is 6.61 Å². The van der Waals surface area contributed by atoms with E-state index in [1.807, 2.05) is 0 Å². The highest BCUT2D eigenvalue weighted by molar-refractivity contribution is 6.74. The van der Waals surface area contributed by atoms with E-state index in [-0.39, 0.29) is 17.2 Å². The summed E-state index contributed by atoms with van der Waals surface area (Å²) in [5, 5.41) is 10.3. The van der Waals surface area contributed by atoms with Crippen LogP contribution in [-0.2, 0) is 13.9 Å². The summed E-state index contributed by atoms with van der Waals surface area (Å²) in [7, 11) is -1.82. The Kier molecular flexibility index (Phi) is 6.91. The molecule has 4 nitrogen and oxygen atoms in total. The highest BCUT2D eigenvalue weighted by Gasteiger charge is 2.40. The predicted octanol–water partition coefficient (Wildman–Crippen LogP) is 3.47. The molecule has 124 valence electrons. The molecule has 0 spiro atoms. The molecule has 0 aromatic heterocycles. The van der Waals surface area contributed by atoms with Crippen molar-refractivity contribution in [3.63, 3.8) is 0 Å². The molecule has 0 aromatic rings. The van der Waals surface area contributed by atoms with Gasteiger partial charge in [-0.15, -0.1) is 0 Å². The van der Waals surface area contributed by atoms with Crippen LogP contribution in [0.25, 0.3) is 0 Å². The van der Waals surface area contributed by atoms with Crippen molar-refractivity contribution in [1.29, 1.82) is 0 Å². The molecule has 0 amide bonds. The van der Waals surface area contributed by atoms with Crippen molar-refractivity contribution in [2.24, 2.45) is 0 Å². The van der Waals surface area contributed by atoms with Crippen LogP contribution in [0.1, 0.15) is 40.5 Å². The first kappa shape index (κ1) is 18.7. The smallest absolute Gasteiger partial charge is 0.192 e. The SMILES string of the molecule is CCCCOC1C(O)C=COC1CO[Si](C)(C)C(C)(C)C. The molecule has 0 fully saturated rings. The number of aliphatic hydroxyl groups is 1. The molecule has 1 aliphatic heterocycles. The molecule has 0 bridgehead atoms. The van der Waals surface area contributed by atoms with E-state index in [9.17, 15) is 5.11 Å². The summed E-state index contributed by atoms with van der Waals surface area (Å²) in [6.07, 6.45) is 4.06. The zero-order chi connectivity index (χ0) is 16.1. The Labute approximate surface area is 130 Å². The Balaban J connectivity index is 2.60. The van der Waals surface area contributed by atoms with E-state index in [1.165, 1.54) is 0 Å². The Bertz CT molecular complexity index is 336. The Morgan fingerprint density at radius 2 is 1.95 bits per heavy atom. The van der Waals surface area contributed by atoms with Gasteiger partial charge in [-0.2, -0.15) is 0 Å². The van der Waals surface area contributed by atoms with Gasteiger partial charge >= 0.3 is 0 Å². The van der Waals surface area contributed by atoms with Gasteiger partial charge in [0.25, 0.3) is 0 Å². The zero-order valence-corrected chi connectivity index (χ0v) is 15.4. The van der Waals surface area contributed by atoms with Crippen LogP contribution in [0.5, 0.6) is 0 Å². The third-order valence-corrected chi connectivity index (χ3v) is 8.96. The molecule has 21 heavy (non-hydrogen) atoms. The van der Waals surface area contributed by atoms with Crippen LogP contribution in [0.15, 0.2) is 12.3 Å². The lowest BCUT2D eigenvalue weighted by Gasteiger charge is -2.39. The Hall–Kier alpha value is -0.363. The minimum atomic E-state index is -1.82. The first-order valence-corrected chi connectivity index (χ1v) is 10.9. The molecule has 1 rings (SSSR count). The van der Waals surface area contributed by atoms with Gasteiger partial charge in [0.15, 0.2) is 8.32 Å². The Morgan fingerprint density at radius 3 is 2.52 bits per heavy atom. The highest BCUT2D eigenvalue weighted by Crippen LogP contribution is 2.37.